The summed E-state index contributed by atoms with van der Waals surface area (Å²) in [4.78, 5) is 24.8. The van der Waals surface area contributed by atoms with Crippen molar-refractivity contribution in [2.75, 3.05) is 39.6 Å². The quantitative estimate of drug-likeness (QED) is 0.143. The Labute approximate surface area is 216 Å². The Morgan fingerprint density at radius 1 is 0.703 bits per heavy atom. The molecule has 0 spiro atoms. The summed E-state index contributed by atoms with van der Waals surface area (Å²) in [7, 11) is 0. The van der Waals surface area contributed by atoms with Gasteiger partial charge >= 0.3 is 11.9 Å². The molecule has 1 heterocycles. The van der Waals surface area contributed by atoms with E-state index < -0.39 is 11.9 Å². The summed E-state index contributed by atoms with van der Waals surface area (Å²) < 4.78 is 32.6. The molecule has 0 N–H and O–H groups in total. The first-order valence-corrected chi connectivity index (χ1v) is 12.0. The van der Waals surface area contributed by atoms with Gasteiger partial charge in [-0.25, -0.2) is 9.59 Å². The number of epoxide rings is 1. The van der Waals surface area contributed by atoms with E-state index in [2.05, 4.69) is 0 Å². The van der Waals surface area contributed by atoms with Gasteiger partial charge in [0.15, 0.2) is 0 Å². The Kier molecular flexibility index (Phi) is 8.90. The van der Waals surface area contributed by atoms with Crippen LogP contribution in [0.1, 0.15) is 33.2 Å². The highest BCUT2D eigenvalue weighted by molar-refractivity contribution is 5.92. The van der Waals surface area contributed by atoms with E-state index in [0.717, 1.165) is 12.2 Å². The normalized spacial score (nSPS) is 16.2. The molecular formula is C29H30O8. The van der Waals surface area contributed by atoms with Crippen molar-refractivity contribution in [1.82, 2.24) is 0 Å². The Hall–Kier alpha value is -3.72. The van der Waals surface area contributed by atoms with E-state index in [4.69, 9.17) is 28.4 Å². The van der Waals surface area contributed by atoms with Gasteiger partial charge in [0, 0.05) is 0 Å². The van der Waals surface area contributed by atoms with Crippen molar-refractivity contribution in [2.45, 2.75) is 19.4 Å². The van der Waals surface area contributed by atoms with Crippen LogP contribution in [0.4, 0.5) is 0 Å². The van der Waals surface area contributed by atoms with Gasteiger partial charge in [0.25, 0.3) is 0 Å². The second kappa shape index (κ2) is 12.5. The van der Waals surface area contributed by atoms with Crippen molar-refractivity contribution in [1.29, 1.82) is 0 Å². The number of hydrogen-bond acceptors (Lipinski definition) is 8. The highest BCUT2D eigenvalue weighted by Gasteiger charge is 2.39. The second-order valence-electron chi connectivity index (χ2n) is 8.89. The SMILES string of the molecule is Cc1ccc(OC(=O)c2ccc(OC(=O)c3ccc(OCCOCCOCC4(C)CO4)cc3)cc2)cc1. The van der Waals surface area contributed by atoms with Crippen LogP contribution in [0.3, 0.4) is 0 Å². The lowest BCUT2D eigenvalue weighted by Gasteiger charge is -2.09. The van der Waals surface area contributed by atoms with E-state index in [-0.39, 0.29) is 5.60 Å². The fraction of sp³-hybridized carbons (Fsp3) is 0.310. The molecular weight excluding hydrogens is 476 g/mol. The van der Waals surface area contributed by atoms with Crippen LogP contribution in [0, 0.1) is 6.92 Å². The molecule has 194 valence electrons. The second-order valence-corrected chi connectivity index (χ2v) is 8.89. The number of aryl methyl sites for hydroxylation is 1. The van der Waals surface area contributed by atoms with Crippen molar-refractivity contribution in [3.8, 4) is 17.2 Å². The predicted molar refractivity (Wildman–Crippen MR) is 135 cm³/mol. The highest BCUT2D eigenvalue weighted by Crippen LogP contribution is 2.25. The summed E-state index contributed by atoms with van der Waals surface area (Å²) in [5.74, 6) is 0.387. The molecule has 1 aliphatic heterocycles. The molecule has 3 aromatic rings. The van der Waals surface area contributed by atoms with Gasteiger partial charge in [-0.15, -0.1) is 0 Å². The molecule has 1 atom stereocenters. The average molecular weight is 507 g/mol. The molecule has 0 aromatic heterocycles. The Bertz CT molecular complexity index is 1170. The summed E-state index contributed by atoms with van der Waals surface area (Å²) in [5.41, 5.74) is 1.69. The number of rotatable bonds is 13. The largest absolute Gasteiger partial charge is 0.491 e. The first-order chi connectivity index (χ1) is 17.9. The van der Waals surface area contributed by atoms with Gasteiger partial charge in [-0.3, -0.25) is 0 Å². The first-order valence-electron chi connectivity index (χ1n) is 12.0. The Balaban J connectivity index is 1.15. The molecule has 37 heavy (non-hydrogen) atoms. The summed E-state index contributed by atoms with van der Waals surface area (Å²) >= 11 is 0. The van der Waals surface area contributed by atoms with Crippen molar-refractivity contribution >= 4 is 11.9 Å². The Morgan fingerprint density at radius 2 is 1.16 bits per heavy atom. The topological polar surface area (TPSA) is 92.8 Å². The zero-order valence-electron chi connectivity index (χ0n) is 20.9. The molecule has 1 saturated heterocycles. The van der Waals surface area contributed by atoms with Crippen LogP contribution in [-0.4, -0.2) is 57.2 Å². The average Bonchev–Trinajstić information content (AvgIpc) is 3.64. The molecule has 0 aliphatic carbocycles. The summed E-state index contributed by atoms with van der Waals surface area (Å²) in [6, 6.07) is 20.0. The van der Waals surface area contributed by atoms with E-state index in [0.29, 0.717) is 61.4 Å². The van der Waals surface area contributed by atoms with Gasteiger partial charge in [-0.2, -0.15) is 0 Å². The maximum absolute atomic E-state index is 12.5. The number of carbonyl (C=O) groups excluding carboxylic acids is 2. The number of benzene rings is 3. The Morgan fingerprint density at radius 3 is 1.70 bits per heavy atom. The van der Waals surface area contributed by atoms with E-state index in [9.17, 15) is 9.59 Å². The van der Waals surface area contributed by atoms with Crippen LogP contribution in [-0.2, 0) is 14.2 Å². The lowest BCUT2D eigenvalue weighted by molar-refractivity contribution is 0.0205. The lowest BCUT2D eigenvalue weighted by atomic mass is 10.2. The number of ether oxygens (including phenoxy) is 6. The highest BCUT2D eigenvalue weighted by atomic mass is 16.6. The zero-order chi connectivity index (χ0) is 26.1. The molecule has 8 nitrogen and oxygen atoms in total. The van der Waals surface area contributed by atoms with Crippen LogP contribution in [0.25, 0.3) is 0 Å². The molecule has 1 aliphatic rings. The van der Waals surface area contributed by atoms with Crippen molar-refractivity contribution in [2.24, 2.45) is 0 Å². The van der Waals surface area contributed by atoms with Crippen LogP contribution in [0.5, 0.6) is 17.2 Å². The number of hydrogen-bond donors (Lipinski definition) is 0. The monoisotopic (exact) mass is 506 g/mol. The molecule has 3 aromatic carbocycles. The number of esters is 2. The van der Waals surface area contributed by atoms with Crippen LogP contribution in [0.15, 0.2) is 72.8 Å². The van der Waals surface area contributed by atoms with E-state index in [1.807, 2.05) is 26.0 Å². The standard InChI is InChI=1S/C29H30O8/c1-21-3-9-25(10-4-21)36-28(31)23-7-13-26(14-8-23)37-27(30)22-5-11-24(12-6-22)34-18-17-32-15-16-33-19-29(2)20-35-29/h3-14H,15-20H2,1-2H3. The van der Waals surface area contributed by atoms with E-state index >= 15 is 0 Å². The van der Waals surface area contributed by atoms with E-state index in [1.165, 1.54) is 0 Å². The van der Waals surface area contributed by atoms with Crippen molar-refractivity contribution in [3.63, 3.8) is 0 Å². The zero-order valence-corrected chi connectivity index (χ0v) is 20.9. The summed E-state index contributed by atoms with van der Waals surface area (Å²) in [6.07, 6.45) is 0. The van der Waals surface area contributed by atoms with E-state index in [1.54, 1.807) is 60.7 Å². The van der Waals surface area contributed by atoms with Crippen LogP contribution >= 0.6 is 0 Å². The van der Waals surface area contributed by atoms with Crippen LogP contribution in [0.2, 0.25) is 0 Å². The maximum atomic E-state index is 12.5. The van der Waals surface area contributed by atoms with Gasteiger partial charge in [-0.05, 0) is 74.5 Å². The van der Waals surface area contributed by atoms with Gasteiger partial charge in [-0.1, -0.05) is 17.7 Å². The molecule has 0 amide bonds. The lowest BCUT2D eigenvalue weighted by Crippen LogP contribution is -2.17. The third-order valence-electron chi connectivity index (χ3n) is 5.54. The summed E-state index contributed by atoms with van der Waals surface area (Å²) in [6.45, 7) is 7.09. The first kappa shape index (κ1) is 26.3. The minimum absolute atomic E-state index is 0.107. The molecule has 4 rings (SSSR count). The number of carbonyl (C=O) groups is 2. The van der Waals surface area contributed by atoms with Gasteiger partial charge in [0.2, 0.25) is 0 Å². The molecule has 1 fully saturated rings. The summed E-state index contributed by atoms with van der Waals surface area (Å²) in [5, 5.41) is 0. The predicted octanol–water partition coefficient (Wildman–Crippen LogP) is 4.63. The fourth-order valence-electron chi connectivity index (χ4n) is 3.22. The van der Waals surface area contributed by atoms with Crippen molar-refractivity contribution in [3.05, 3.63) is 89.5 Å². The van der Waals surface area contributed by atoms with Crippen LogP contribution < -0.4 is 14.2 Å². The molecule has 8 heteroatoms. The minimum Gasteiger partial charge on any atom is -0.491 e. The van der Waals surface area contributed by atoms with Gasteiger partial charge in [0.05, 0.1) is 44.2 Å². The van der Waals surface area contributed by atoms with Gasteiger partial charge in [0.1, 0.15) is 29.5 Å². The third-order valence-corrected chi connectivity index (χ3v) is 5.54. The minimum atomic E-state index is -0.518. The molecule has 1 unspecified atom stereocenters. The molecule has 0 bridgehead atoms. The van der Waals surface area contributed by atoms with Crippen molar-refractivity contribution < 1.29 is 38.0 Å². The maximum Gasteiger partial charge on any atom is 0.343 e. The third kappa shape index (κ3) is 8.42. The molecule has 0 radical (unpaired) electrons. The molecule has 0 saturated carbocycles. The smallest absolute Gasteiger partial charge is 0.343 e. The van der Waals surface area contributed by atoms with Gasteiger partial charge < -0.3 is 28.4 Å². The fourth-order valence-corrected chi connectivity index (χ4v) is 3.22.